The molecule has 10 atom stereocenters. The van der Waals surface area contributed by atoms with E-state index in [1.807, 2.05) is 0 Å². The number of primary amides is 3. The van der Waals surface area contributed by atoms with Crippen molar-refractivity contribution in [3.8, 4) is 0 Å². The lowest BCUT2D eigenvalue weighted by atomic mass is 9.97. The summed E-state index contributed by atoms with van der Waals surface area (Å²) in [7, 11) is -3.47. The number of benzene rings is 1. The van der Waals surface area contributed by atoms with Gasteiger partial charge in [-0.25, -0.2) is 8.42 Å². The first-order chi connectivity index (χ1) is 34.5. The van der Waals surface area contributed by atoms with Crippen LogP contribution in [0.4, 0.5) is 0 Å². The molecule has 0 radical (unpaired) electrons. The Labute approximate surface area is 428 Å². The second-order valence-corrected chi connectivity index (χ2v) is 19.9. The molecule has 0 aliphatic rings. The van der Waals surface area contributed by atoms with Crippen molar-refractivity contribution in [2.45, 2.75) is 121 Å². The summed E-state index contributed by atoms with van der Waals surface area (Å²) in [5.41, 5.74) is 21.7. The van der Waals surface area contributed by atoms with Crippen molar-refractivity contribution in [1.82, 2.24) is 46.8 Å². The zero-order chi connectivity index (χ0) is 56.6. The van der Waals surface area contributed by atoms with Gasteiger partial charge in [0.05, 0.1) is 45.0 Å². The molecule has 0 spiro atoms. The lowest BCUT2D eigenvalue weighted by molar-refractivity contribution is -0.136. The van der Waals surface area contributed by atoms with Crippen molar-refractivity contribution in [2.75, 3.05) is 39.2 Å². The summed E-state index contributed by atoms with van der Waals surface area (Å²) in [5.74, 6) is -12.9. The largest absolute Gasteiger partial charge is 0.394 e. The van der Waals surface area contributed by atoms with Gasteiger partial charge in [-0.3, -0.25) is 52.7 Å². The lowest BCUT2D eigenvalue weighted by Gasteiger charge is -2.31. The van der Waals surface area contributed by atoms with E-state index < -0.39 is 180 Å². The van der Waals surface area contributed by atoms with Crippen molar-refractivity contribution < 1.29 is 76.5 Å². The number of hydrogen-bond donors (Lipinski definition) is 15. The highest BCUT2D eigenvalue weighted by Crippen LogP contribution is 2.15. The quantitative estimate of drug-likeness (QED) is 0.0305. The number of nitrogens with zero attached hydrogens (tertiary/aromatic N) is 1. The van der Waals surface area contributed by atoms with E-state index in [4.69, 9.17) is 22.9 Å². The summed E-state index contributed by atoms with van der Waals surface area (Å²) in [5, 5.41) is 47.2. The molecule has 0 aliphatic carbocycles. The highest BCUT2D eigenvalue weighted by atomic mass is 32.2. The molecule has 0 bridgehead atoms. The van der Waals surface area contributed by atoms with Crippen LogP contribution in [0.3, 0.4) is 0 Å². The van der Waals surface area contributed by atoms with Gasteiger partial charge in [0.2, 0.25) is 75.0 Å². The average Bonchev–Trinajstić information content (AvgIpc) is 3.32. The highest BCUT2D eigenvalue weighted by molar-refractivity contribution is 7.89. The van der Waals surface area contributed by atoms with E-state index in [0.717, 1.165) is 7.05 Å². The van der Waals surface area contributed by atoms with Crippen LogP contribution in [0.1, 0.15) is 65.9 Å². The van der Waals surface area contributed by atoms with E-state index >= 15 is 0 Å². The van der Waals surface area contributed by atoms with Crippen molar-refractivity contribution in [1.29, 1.82) is 0 Å². The second kappa shape index (κ2) is 31.7. The van der Waals surface area contributed by atoms with Gasteiger partial charge in [-0.1, -0.05) is 64.4 Å². The number of hydrogen-bond acceptors (Lipinski definition) is 17. The number of nitrogens with one attached hydrogen (secondary N) is 8. The lowest BCUT2D eigenvalue weighted by Crippen LogP contribution is -2.59. The van der Waals surface area contributed by atoms with Crippen molar-refractivity contribution >= 4 is 75.0 Å². The summed E-state index contributed by atoms with van der Waals surface area (Å²) >= 11 is 0. The van der Waals surface area contributed by atoms with E-state index in [9.17, 15) is 76.5 Å². The highest BCUT2D eigenvalue weighted by Gasteiger charge is 2.37. The number of sulfonamides is 1. The molecule has 0 unspecified atom stereocenters. The van der Waals surface area contributed by atoms with Gasteiger partial charge in [0.25, 0.3) is 0 Å². The maximum Gasteiger partial charge on any atom is 0.243 e. The van der Waals surface area contributed by atoms with E-state index in [2.05, 4.69) is 42.5 Å². The van der Waals surface area contributed by atoms with Crippen LogP contribution in [0.5, 0.6) is 0 Å². The van der Waals surface area contributed by atoms with Gasteiger partial charge in [-0.2, -0.15) is 4.31 Å². The Morgan fingerprint density at radius 2 is 1.15 bits per heavy atom. The Kier molecular flexibility index (Phi) is 27.9. The Balaban J connectivity index is 3.23. The molecule has 11 amide bonds. The van der Waals surface area contributed by atoms with Crippen LogP contribution in [-0.2, 0) is 69.2 Å². The maximum absolute atomic E-state index is 13.9. The zero-order valence-electron chi connectivity index (χ0n) is 42.1. The van der Waals surface area contributed by atoms with Crippen LogP contribution in [0.2, 0.25) is 0 Å². The number of likely N-dealkylation sites (N-methyl/N-ethyl adjacent to an activating group) is 1. The van der Waals surface area contributed by atoms with Crippen LogP contribution in [-0.4, -0.2) is 187 Å². The topological polar surface area (TPSA) is 486 Å². The Bertz CT molecular complexity index is 2240. The first-order valence-electron chi connectivity index (χ1n) is 23.3. The molecule has 416 valence electrons. The summed E-state index contributed by atoms with van der Waals surface area (Å²) in [4.78, 5) is 141. The van der Waals surface area contributed by atoms with Gasteiger partial charge in [-0.05, 0) is 30.7 Å². The molecular weight excluding hydrogens is 999 g/mol. The Hall–Kier alpha value is -6.86. The molecule has 29 nitrogen and oxygen atoms in total. The minimum atomic E-state index is -4.47. The predicted molar refractivity (Wildman–Crippen MR) is 263 cm³/mol. The molecule has 1 aromatic carbocycles. The average molecular weight is 1070 g/mol. The molecule has 0 fully saturated rings. The van der Waals surface area contributed by atoms with E-state index in [-0.39, 0.29) is 18.8 Å². The predicted octanol–water partition coefficient (Wildman–Crippen LogP) is -7.98. The summed E-state index contributed by atoms with van der Waals surface area (Å²) in [6, 6.07) is -5.45. The van der Waals surface area contributed by atoms with Gasteiger partial charge >= 0.3 is 0 Å². The maximum atomic E-state index is 13.9. The normalized spacial score (nSPS) is 15.5. The minimum Gasteiger partial charge on any atom is -0.394 e. The zero-order valence-corrected chi connectivity index (χ0v) is 42.9. The molecule has 74 heavy (non-hydrogen) atoms. The molecule has 0 saturated carbocycles. The first-order valence-corrected chi connectivity index (χ1v) is 25.0. The number of carbonyl (C=O) groups excluding carboxylic acids is 11. The number of carbonyl (C=O) groups is 11. The molecule has 0 aliphatic heterocycles. The molecular formula is C44H73N13O16S. The Morgan fingerprint density at radius 1 is 0.622 bits per heavy atom. The van der Waals surface area contributed by atoms with Crippen molar-refractivity contribution in [3.63, 3.8) is 0 Å². The molecule has 1 aromatic rings. The number of nitrogens with two attached hydrogens (primary N) is 4. The van der Waals surface area contributed by atoms with Crippen LogP contribution in [0.25, 0.3) is 0 Å². The second-order valence-electron chi connectivity index (χ2n) is 17.9. The molecule has 30 heteroatoms. The smallest absolute Gasteiger partial charge is 0.243 e. The van der Waals surface area contributed by atoms with Crippen molar-refractivity contribution in [3.05, 3.63) is 35.9 Å². The van der Waals surface area contributed by atoms with Gasteiger partial charge < -0.3 is 80.8 Å². The molecule has 0 aromatic heterocycles. The third-order valence-electron chi connectivity index (χ3n) is 11.2. The van der Waals surface area contributed by atoms with Gasteiger partial charge in [0.15, 0.2) is 0 Å². The molecule has 1 rings (SSSR count). The molecule has 0 heterocycles. The SMILES string of the molecule is CC[C@H](C)[C@H](NC(=O)[C@H](C)NC(=O)CNC(=O)[C@H](Cc1ccccc1)NC(=O)[C@H](CC(N)=O)NC(=O)[C@H](CC(N)=O)NC(=O)[C@@H](N)CO)C(=O)N[C@@H](CC(C)C)CS(=O)(=O)N(C)[C@@H](CO)C(=O)N[C@@H](CO)C(N)=O. The number of amides is 11. The minimum absolute atomic E-state index is 0.0885. The van der Waals surface area contributed by atoms with Gasteiger partial charge in [-0.15, -0.1) is 0 Å². The third kappa shape index (κ3) is 22.5. The van der Waals surface area contributed by atoms with Crippen LogP contribution < -0.4 is 65.5 Å². The summed E-state index contributed by atoms with van der Waals surface area (Å²) < 4.78 is 27.8. The monoisotopic (exact) mass is 1070 g/mol. The van der Waals surface area contributed by atoms with Gasteiger partial charge in [0.1, 0.15) is 48.3 Å². The molecule has 19 N–H and O–H groups in total. The van der Waals surface area contributed by atoms with E-state index in [0.29, 0.717) is 16.3 Å². The molecule has 0 saturated heterocycles. The fraction of sp³-hybridized carbons (Fsp3) is 0.614. The first kappa shape index (κ1) is 65.2. The number of aliphatic hydroxyl groups excluding tert-OH is 3. The van der Waals surface area contributed by atoms with Crippen molar-refractivity contribution in [2.24, 2.45) is 34.8 Å². The fourth-order valence-corrected chi connectivity index (χ4v) is 8.36. The number of aliphatic hydroxyl groups is 3. The summed E-state index contributed by atoms with van der Waals surface area (Å²) in [6.07, 6.45) is -1.42. The Morgan fingerprint density at radius 3 is 1.62 bits per heavy atom. The van der Waals surface area contributed by atoms with E-state index in [1.165, 1.54) is 6.92 Å². The fourth-order valence-electron chi connectivity index (χ4n) is 6.85. The van der Waals surface area contributed by atoms with Gasteiger partial charge in [0, 0.05) is 19.5 Å². The standard InChI is InChI=1S/C44H73N13O16S/c1-7-23(4)36(44(71)51-26(13-22(2)3)21-74(72,73)57(6)32(20-60)43(70)55-31(19-59)37(48)64)56-38(65)24(5)50-35(63)17-49-40(67)28(14-25-11-9-8-10-12-25)53-42(69)30(16-34(47)62)54-41(68)29(15-33(46)61)52-39(66)27(45)18-58/h8-12,22-24,26-32,36,58-60H,7,13-21,45H2,1-6H3,(H2,46,61)(H2,47,62)(H2,48,64)(H,49,67)(H,50,63)(H,51,71)(H,52,66)(H,53,69)(H,54,68)(H,55,70)(H,56,65)/t23-,24-,26-,27-,28-,29-,30-,31-,32-,36-/m0/s1. The van der Waals surface area contributed by atoms with Crippen LogP contribution in [0.15, 0.2) is 30.3 Å². The third-order valence-corrected chi connectivity index (χ3v) is 13.2. The summed E-state index contributed by atoms with van der Waals surface area (Å²) in [6.45, 7) is 4.59. The van der Waals surface area contributed by atoms with Crippen LogP contribution >= 0.6 is 0 Å². The van der Waals surface area contributed by atoms with E-state index in [1.54, 1.807) is 58.0 Å². The number of rotatable bonds is 34. The van der Waals surface area contributed by atoms with Crippen LogP contribution in [0, 0.1) is 11.8 Å².